The van der Waals surface area contributed by atoms with Gasteiger partial charge in [-0.3, -0.25) is 4.79 Å². The van der Waals surface area contributed by atoms with Gasteiger partial charge in [0.25, 0.3) is 5.91 Å². The number of carboxylic acids is 1. The topological polar surface area (TPSA) is 88.3 Å². The predicted molar refractivity (Wildman–Crippen MR) is 117 cm³/mol. The van der Waals surface area contributed by atoms with E-state index in [1.807, 2.05) is 0 Å². The van der Waals surface area contributed by atoms with Gasteiger partial charge >= 0.3 is 5.97 Å². The standard InChI is InChI=1S/C19H12BrCl3N4O3/c20-15-8-14(27(25-15)17-12(22)2-1-5-24-17)18(28)26(10-3-4-10)16-11(19(29)30)6-9(21)7-13(16)23/h1-2,5-8,10H,3-4H2,(H,29,30). The van der Waals surface area contributed by atoms with Crippen LogP contribution in [-0.4, -0.2) is 37.8 Å². The highest BCUT2D eigenvalue weighted by atomic mass is 79.9. The van der Waals surface area contributed by atoms with Gasteiger partial charge in [0.2, 0.25) is 0 Å². The molecule has 0 unspecified atom stereocenters. The fourth-order valence-electron chi connectivity index (χ4n) is 3.08. The van der Waals surface area contributed by atoms with E-state index in [1.165, 1.54) is 34.0 Å². The van der Waals surface area contributed by atoms with Gasteiger partial charge in [0.05, 0.1) is 21.3 Å². The third-order valence-corrected chi connectivity index (χ3v) is 5.66. The molecule has 1 amide bonds. The molecule has 0 atom stereocenters. The van der Waals surface area contributed by atoms with Gasteiger partial charge in [-0.25, -0.2) is 14.5 Å². The SMILES string of the molecule is O=C(O)c1cc(Cl)cc(Cl)c1N(C(=O)c1cc(Br)nn1-c1ncccc1Cl)C1CC1. The van der Waals surface area contributed by atoms with Crippen LogP contribution in [0.4, 0.5) is 5.69 Å². The first-order chi connectivity index (χ1) is 14.3. The second kappa shape index (κ2) is 8.19. The molecule has 0 bridgehead atoms. The van der Waals surface area contributed by atoms with Gasteiger partial charge in [0.15, 0.2) is 5.82 Å². The van der Waals surface area contributed by atoms with E-state index in [4.69, 9.17) is 34.8 Å². The summed E-state index contributed by atoms with van der Waals surface area (Å²) in [7, 11) is 0. The number of carboxylic acid groups (broad SMARTS) is 1. The van der Waals surface area contributed by atoms with E-state index >= 15 is 0 Å². The Morgan fingerprint density at radius 2 is 1.90 bits per heavy atom. The van der Waals surface area contributed by atoms with Crippen LogP contribution in [0.15, 0.2) is 41.1 Å². The van der Waals surface area contributed by atoms with E-state index in [0.29, 0.717) is 22.5 Å². The van der Waals surface area contributed by atoms with Crippen LogP contribution in [0, 0.1) is 0 Å². The summed E-state index contributed by atoms with van der Waals surface area (Å²) in [5.74, 6) is -1.45. The second-order valence-electron chi connectivity index (χ2n) is 6.57. The number of hydrogen-bond donors (Lipinski definition) is 1. The molecule has 7 nitrogen and oxygen atoms in total. The van der Waals surface area contributed by atoms with Crippen molar-refractivity contribution in [2.24, 2.45) is 0 Å². The monoisotopic (exact) mass is 528 g/mol. The van der Waals surface area contributed by atoms with Crippen molar-refractivity contribution >= 4 is 68.3 Å². The minimum atomic E-state index is -1.24. The highest BCUT2D eigenvalue weighted by Crippen LogP contribution is 2.41. The molecule has 0 radical (unpaired) electrons. The number of aromatic carboxylic acids is 1. The number of carbonyl (C=O) groups is 2. The smallest absolute Gasteiger partial charge is 0.337 e. The lowest BCUT2D eigenvalue weighted by atomic mass is 10.1. The molecule has 0 saturated heterocycles. The normalized spacial score (nSPS) is 13.3. The zero-order valence-electron chi connectivity index (χ0n) is 15.0. The summed E-state index contributed by atoms with van der Waals surface area (Å²) in [5.41, 5.74) is 0.0857. The van der Waals surface area contributed by atoms with Crippen molar-refractivity contribution in [2.75, 3.05) is 4.90 Å². The molecule has 3 aromatic rings. The average molecular weight is 531 g/mol. The molecule has 4 rings (SSSR count). The maximum absolute atomic E-state index is 13.6. The van der Waals surface area contributed by atoms with Crippen LogP contribution >= 0.6 is 50.7 Å². The Kier molecular flexibility index (Phi) is 5.76. The minimum absolute atomic E-state index is 0.0705. The molecule has 2 heterocycles. The molecule has 0 aliphatic heterocycles. The van der Waals surface area contributed by atoms with Crippen molar-refractivity contribution in [1.82, 2.24) is 14.8 Å². The number of amides is 1. The van der Waals surface area contributed by atoms with Crippen LogP contribution in [0.2, 0.25) is 15.1 Å². The Morgan fingerprint density at radius 3 is 2.53 bits per heavy atom. The van der Waals surface area contributed by atoms with Crippen molar-refractivity contribution in [2.45, 2.75) is 18.9 Å². The Hall–Kier alpha value is -2.13. The van der Waals surface area contributed by atoms with Crippen LogP contribution in [-0.2, 0) is 0 Å². The van der Waals surface area contributed by atoms with Gasteiger partial charge in [0, 0.05) is 23.3 Å². The first kappa shape index (κ1) is 21.1. The van der Waals surface area contributed by atoms with Crippen molar-refractivity contribution < 1.29 is 14.7 Å². The quantitative estimate of drug-likeness (QED) is 0.471. The molecule has 30 heavy (non-hydrogen) atoms. The lowest BCUT2D eigenvalue weighted by Crippen LogP contribution is -2.36. The summed E-state index contributed by atoms with van der Waals surface area (Å²) in [4.78, 5) is 31.1. The zero-order chi connectivity index (χ0) is 21.6. The number of hydrogen-bond acceptors (Lipinski definition) is 4. The van der Waals surface area contributed by atoms with E-state index in [-0.39, 0.29) is 38.8 Å². The number of benzene rings is 1. The van der Waals surface area contributed by atoms with Crippen LogP contribution < -0.4 is 4.90 Å². The third-order valence-electron chi connectivity index (χ3n) is 4.47. The average Bonchev–Trinajstić information content (AvgIpc) is 3.44. The third kappa shape index (κ3) is 3.92. The minimum Gasteiger partial charge on any atom is -0.478 e. The summed E-state index contributed by atoms with van der Waals surface area (Å²) in [6.07, 6.45) is 2.95. The fraction of sp³-hybridized carbons (Fsp3) is 0.158. The molecule has 2 aromatic heterocycles. The van der Waals surface area contributed by atoms with Gasteiger partial charge in [0.1, 0.15) is 10.3 Å². The van der Waals surface area contributed by atoms with Crippen molar-refractivity contribution in [3.05, 3.63) is 67.5 Å². The van der Waals surface area contributed by atoms with Crippen LogP contribution in [0.3, 0.4) is 0 Å². The van der Waals surface area contributed by atoms with E-state index < -0.39 is 11.9 Å². The zero-order valence-corrected chi connectivity index (χ0v) is 18.9. The molecule has 1 N–H and O–H groups in total. The number of pyridine rings is 1. The van der Waals surface area contributed by atoms with E-state index in [9.17, 15) is 14.7 Å². The molecule has 0 spiro atoms. The highest BCUT2D eigenvalue weighted by Gasteiger charge is 2.39. The summed E-state index contributed by atoms with van der Waals surface area (Å²) in [5, 5.41) is 14.5. The molecule has 11 heteroatoms. The molecular formula is C19H12BrCl3N4O3. The number of anilines is 1. The summed E-state index contributed by atoms with van der Waals surface area (Å²) >= 11 is 21.9. The van der Waals surface area contributed by atoms with Crippen molar-refractivity contribution in [3.63, 3.8) is 0 Å². The van der Waals surface area contributed by atoms with Gasteiger partial charge in [-0.2, -0.15) is 5.10 Å². The Labute approximate surface area is 194 Å². The van der Waals surface area contributed by atoms with Crippen LogP contribution in [0.5, 0.6) is 0 Å². The van der Waals surface area contributed by atoms with Gasteiger partial charge in [-0.1, -0.05) is 34.8 Å². The number of aromatic nitrogens is 3. The van der Waals surface area contributed by atoms with Gasteiger partial charge in [-0.15, -0.1) is 0 Å². The van der Waals surface area contributed by atoms with Crippen molar-refractivity contribution in [3.8, 4) is 5.82 Å². The largest absolute Gasteiger partial charge is 0.478 e. The predicted octanol–water partition coefficient (Wildman–Crippen LogP) is 5.50. The Morgan fingerprint density at radius 1 is 1.17 bits per heavy atom. The van der Waals surface area contributed by atoms with E-state index in [1.54, 1.807) is 12.1 Å². The fourth-order valence-corrected chi connectivity index (χ4v) is 4.24. The highest BCUT2D eigenvalue weighted by molar-refractivity contribution is 9.10. The Balaban J connectivity index is 1.88. The molecule has 154 valence electrons. The molecule has 1 aliphatic rings. The van der Waals surface area contributed by atoms with E-state index in [0.717, 1.165) is 0 Å². The number of carbonyl (C=O) groups excluding carboxylic acids is 1. The molecule has 1 fully saturated rings. The first-order valence-corrected chi connectivity index (χ1v) is 10.6. The maximum Gasteiger partial charge on any atom is 0.337 e. The lowest BCUT2D eigenvalue weighted by molar-refractivity contribution is 0.0697. The van der Waals surface area contributed by atoms with Crippen LogP contribution in [0.1, 0.15) is 33.7 Å². The summed E-state index contributed by atoms with van der Waals surface area (Å²) in [6, 6.07) is 7.30. The summed E-state index contributed by atoms with van der Waals surface area (Å²) in [6.45, 7) is 0. The second-order valence-corrected chi connectivity index (χ2v) is 8.63. The van der Waals surface area contributed by atoms with Gasteiger partial charge < -0.3 is 10.0 Å². The maximum atomic E-state index is 13.6. The van der Waals surface area contributed by atoms with E-state index in [2.05, 4.69) is 26.0 Å². The van der Waals surface area contributed by atoms with Crippen LogP contribution in [0.25, 0.3) is 5.82 Å². The molecule has 1 aromatic carbocycles. The number of halogens is 4. The van der Waals surface area contributed by atoms with Crippen molar-refractivity contribution in [1.29, 1.82) is 0 Å². The summed E-state index contributed by atoms with van der Waals surface area (Å²) < 4.78 is 1.71. The molecular weight excluding hydrogens is 518 g/mol. The first-order valence-electron chi connectivity index (χ1n) is 8.70. The van der Waals surface area contributed by atoms with Gasteiger partial charge in [-0.05, 0) is 53.0 Å². The number of rotatable bonds is 5. The Bertz CT molecular complexity index is 1180. The molecule has 1 saturated carbocycles. The lowest BCUT2D eigenvalue weighted by Gasteiger charge is -2.25. The number of nitrogens with zero attached hydrogens (tertiary/aromatic N) is 4. The molecule has 1 aliphatic carbocycles.